The second-order valence-corrected chi connectivity index (χ2v) is 7.46. The smallest absolute Gasteiger partial charge is 0.319 e. The fraction of sp³-hybridized carbons (Fsp3) is 0.429. The largest absolute Gasteiger partial charge is 0.354 e. The molecule has 0 spiro atoms. The molecule has 2 aliphatic rings. The number of benzene rings is 1. The summed E-state index contributed by atoms with van der Waals surface area (Å²) in [5.41, 5.74) is 4.62. The van der Waals surface area contributed by atoms with Crippen LogP contribution in [0, 0.1) is 0 Å². The van der Waals surface area contributed by atoms with Crippen molar-refractivity contribution in [2.45, 2.75) is 25.8 Å². The number of urea groups is 1. The third-order valence-electron chi connectivity index (χ3n) is 5.45. The Morgan fingerprint density at radius 3 is 2.67 bits per heavy atom. The van der Waals surface area contributed by atoms with Crippen LogP contribution in [0.15, 0.2) is 36.5 Å². The van der Waals surface area contributed by atoms with E-state index in [1.807, 2.05) is 24.4 Å². The number of aromatic nitrogens is 1. The Bertz CT molecular complexity index is 797. The van der Waals surface area contributed by atoms with Crippen LogP contribution >= 0.6 is 0 Å². The van der Waals surface area contributed by atoms with Gasteiger partial charge < -0.3 is 20.4 Å². The van der Waals surface area contributed by atoms with Crippen LogP contribution in [0.2, 0.25) is 0 Å². The number of nitrogens with zero attached hydrogens (tertiary/aromatic N) is 3. The van der Waals surface area contributed by atoms with Gasteiger partial charge in [0.05, 0.1) is 0 Å². The molecular formula is C21H27N5O. The number of hydrogen-bond acceptors (Lipinski definition) is 4. The van der Waals surface area contributed by atoms with Gasteiger partial charge in [-0.25, -0.2) is 9.78 Å². The molecule has 0 bridgehead atoms. The van der Waals surface area contributed by atoms with E-state index in [4.69, 9.17) is 0 Å². The molecule has 1 saturated heterocycles. The van der Waals surface area contributed by atoms with Crippen LogP contribution in [0.1, 0.15) is 23.1 Å². The standard InChI is InChI=1S/C21H27N5O/c1-25-9-11-26(12-10-25)20-8-5-16(14-22-20)15-23-21(27)24-19-7-6-17-3-2-4-18(17)13-19/h5-8,13-14H,2-4,9-12,15H2,1H3,(H2,23,24,27). The lowest BCUT2D eigenvalue weighted by molar-refractivity contribution is 0.251. The molecule has 27 heavy (non-hydrogen) atoms. The van der Waals surface area contributed by atoms with Gasteiger partial charge in [0.25, 0.3) is 0 Å². The molecule has 1 aromatic heterocycles. The Hall–Kier alpha value is -2.60. The van der Waals surface area contributed by atoms with E-state index in [-0.39, 0.29) is 6.03 Å². The number of hydrogen-bond donors (Lipinski definition) is 2. The summed E-state index contributed by atoms with van der Waals surface area (Å²) in [5, 5.41) is 5.84. The zero-order valence-corrected chi connectivity index (χ0v) is 15.9. The highest BCUT2D eigenvalue weighted by molar-refractivity contribution is 5.89. The van der Waals surface area contributed by atoms with E-state index in [9.17, 15) is 4.79 Å². The lowest BCUT2D eigenvalue weighted by Crippen LogP contribution is -2.44. The SMILES string of the molecule is CN1CCN(c2ccc(CNC(=O)Nc3ccc4c(c3)CCC4)cn2)CC1. The van der Waals surface area contributed by atoms with Crippen molar-refractivity contribution in [2.24, 2.45) is 0 Å². The molecule has 1 fully saturated rings. The third kappa shape index (κ3) is 4.39. The minimum atomic E-state index is -0.184. The van der Waals surface area contributed by atoms with E-state index in [0.717, 1.165) is 56.1 Å². The fourth-order valence-corrected chi connectivity index (χ4v) is 3.75. The zero-order valence-electron chi connectivity index (χ0n) is 15.9. The fourth-order valence-electron chi connectivity index (χ4n) is 3.75. The minimum absolute atomic E-state index is 0.184. The van der Waals surface area contributed by atoms with Crippen LogP contribution < -0.4 is 15.5 Å². The van der Waals surface area contributed by atoms with Crippen molar-refractivity contribution >= 4 is 17.5 Å². The molecule has 2 aromatic rings. The van der Waals surface area contributed by atoms with Crippen molar-refractivity contribution in [3.8, 4) is 0 Å². The number of pyridine rings is 1. The highest BCUT2D eigenvalue weighted by atomic mass is 16.2. The van der Waals surface area contributed by atoms with Gasteiger partial charge in [0.1, 0.15) is 5.82 Å². The molecule has 0 radical (unpaired) electrons. The van der Waals surface area contributed by atoms with E-state index >= 15 is 0 Å². The molecule has 1 aliphatic carbocycles. The molecule has 6 heteroatoms. The molecule has 142 valence electrons. The van der Waals surface area contributed by atoms with Gasteiger partial charge in [-0.05, 0) is 61.2 Å². The minimum Gasteiger partial charge on any atom is -0.354 e. The number of likely N-dealkylation sites (N-methyl/N-ethyl adjacent to an activating group) is 1. The molecule has 6 nitrogen and oxygen atoms in total. The number of piperazine rings is 1. The summed E-state index contributed by atoms with van der Waals surface area (Å²) in [6.45, 7) is 4.60. The molecule has 0 atom stereocenters. The van der Waals surface area contributed by atoms with Gasteiger partial charge in [0, 0.05) is 44.6 Å². The van der Waals surface area contributed by atoms with Crippen molar-refractivity contribution in [1.29, 1.82) is 0 Å². The normalized spacial score (nSPS) is 16.9. The summed E-state index contributed by atoms with van der Waals surface area (Å²) >= 11 is 0. The Labute approximate surface area is 160 Å². The van der Waals surface area contributed by atoms with E-state index in [0.29, 0.717) is 6.54 Å². The summed E-state index contributed by atoms with van der Waals surface area (Å²) in [6.07, 6.45) is 5.32. The first-order valence-corrected chi connectivity index (χ1v) is 9.72. The maximum Gasteiger partial charge on any atom is 0.319 e. The molecule has 4 rings (SSSR count). The van der Waals surface area contributed by atoms with E-state index in [1.54, 1.807) is 0 Å². The van der Waals surface area contributed by atoms with E-state index in [1.165, 1.54) is 17.5 Å². The van der Waals surface area contributed by atoms with Crippen LogP contribution in [0.25, 0.3) is 0 Å². The van der Waals surface area contributed by atoms with Gasteiger partial charge in [0.15, 0.2) is 0 Å². The van der Waals surface area contributed by atoms with Crippen LogP contribution in [0.3, 0.4) is 0 Å². The first-order valence-electron chi connectivity index (χ1n) is 9.72. The number of amides is 2. The Kier molecular flexibility index (Phi) is 5.25. The quantitative estimate of drug-likeness (QED) is 0.874. The molecule has 2 amide bonds. The van der Waals surface area contributed by atoms with Crippen LogP contribution in [0.5, 0.6) is 0 Å². The summed E-state index contributed by atoms with van der Waals surface area (Å²) in [5.74, 6) is 1.01. The van der Waals surface area contributed by atoms with Crippen molar-refractivity contribution < 1.29 is 4.79 Å². The van der Waals surface area contributed by atoms with Gasteiger partial charge in [-0.1, -0.05) is 12.1 Å². The highest BCUT2D eigenvalue weighted by Crippen LogP contribution is 2.24. The highest BCUT2D eigenvalue weighted by Gasteiger charge is 2.15. The average Bonchev–Trinajstić information content (AvgIpc) is 3.15. The molecule has 1 aliphatic heterocycles. The van der Waals surface area contributed by atoms with E-state index in [2.05, 4.69) is 44.6 Å². The number of carbonyl (C=O) groups excluding carboxylic acids is 1. The Balaban J connectivity index is 1.27. The number of carbonyl (C=O) groups is 1. The van der Waals surface area contributed by atoms with Crippen molar-refractivity contribution in [1.82, 2.24) is 15.2 Å². The molecule has 0 unspecified atom stereocenters. The molecule has 2 N–H and O–H groups in total. The van der Waals surface area contributed by atoms with Crippen LogP contribution in [-0.2, 0) is 19.4 Å². The first-order chi connectivity index (χ1) is 13.2. The summed E-state index contributed by atoms with van der Waals surface area (Å²) in [4.78, 5) is 21.4. The number of anilines is 2. The van der Waals surface area contributed by atoms with Gasteiger partial charge in [0.2, 0.25) is 0 Å². The number of fused-ring (bicyclic) bond motifs is 1. The summed E-state index contributed by atoms with van der Waals surface area (Å²) in [7, 11) is 2.15. The Morgan fingerprint density at radius 2 is 1.89 bits per heavy atom. The molecule has 1 aromatic carbocycles. The molecule has 2 heterocycles. The van der Waals surface area contributed by atoms with Gasteiger partial charge in [-0.15, -0.1) is 0 Å². The summed E-state index contributed by atoms with van der Waals surface area (Å²) < 4.78 is 0. The van der Waals surface area contributed by atoms with Crippen LogP contribution in [-0.4, -0.2) is 49.1 Å². The van der Waals surface area contributed by atoms with Crippen molar-refractivity contribution in [2.75, 3.05) is 43.4 Å². The van der Waals surface area contributed by atoms with Gasteiger partial charge in [-0.3, -0.25) is 0 Å². The number of rotatable bonds is 4. The number of nitrogens with one attached hydrogen (secondary N) is 2. The lowest BCUT2D eigenvalue weighted by atomic mass is 10.1. The predicted molar refractivity (Wildman–Crippen MR) is 108 cm³/mol. The molecular weight excluding hydrogens is 338 g/mol. The van der Waals surface area contributed by atoms with Crippen LogP contribution in [0.4, 0.5) is 16.3 Å². The lowest BCUT2D eigenvalue weighted by Gasteiger charge is -2.33. The third-order valence-corrected chi connectivity index (χ3v) is 5.45. The maximum absolute atomic E-state index is 12.2. The Morgan fingerprint density at radius 1 is 1.07 bits per heavy atom. The first kappa shape index (κ1) is 17.8. The monoisotopic (exact) mass is 365 g/mol. The summed E-state index contributed by atoms with van der Waals surface area (Å²) in [6, 6.07) is 10.1. The average molecular weight is 365 g/mol. The van der Waals surface area contributed by atoms with E-state index < -0.39 is 0 Å². The second kappa shape index (κ2) is 7.96. The predicted octanol–water partition coefficient (Wildman–Crippen LogP) is 2.64. The van der Waals surface area contributed by atoms with Crippen molar-refractivity contribution in [3.63, 3.8) is 0 Å². The zero-order chi connectivity index (χ0) is 18.6. The second-order valence-electron chi connectivity index (χ2n) is 7.46. The number of aryl methyl sites for hydroxylation is 2. The topological polar surface area (TPSA) is 60.5 Å². The molecule has 0 saturated carbocycles. The van der Waals surface area contributed by atoms with Crippen molar-refractivity contribution in [3.05, 3.63) is 53.2 Å². The van der Waals surface area contributed by atoms with Gasteiger partial charge in [-0.2, -0.15) is 0 Å². The maximum atomic E-state index is 12.2. The van der Waals surface area contributed by atoms with Gasteiger partial charge >= 0.3 is 6.03 Å².